The first kappa shape index (κ1) is 12.8. The lowest BCUT2D eigenvalue weighted by molar-refractivity contribution is -0.124. The van der Waals surface area contributed by atoms with Gasteiger partial charge in [-0.2, -0.15) is 5.10 Å². The Balaban J connectivity index is 2.17. The van der Waals surface area contributed by atoms with Gasteiger partial charge in [-0.05, 0) is 12.1 Å². The van der Waals surface area contributed by atoms with Crippen LogP contribution in [0.25, 0.3) is 5.82 Å². The summed E-state index contributed by atoms with van der Waals surface area (Å²) >= 11 is 0. The normalized spacial score (nSPS) is 10.4. The maximum Gasteiger partial charge on any atom is 0.280 e. The zero-order valence-electron chi connectivity index (χ0n) is 10.2. The van der Waals surface area contributed by atoms with Crippen LogP contribution in [-0.2, 0) is 16.7 Å². The molecule has 0 radical (unpaired) electrons. The molecular weight excluding hydrogens is 250 g/mol. The van der Waals surface area contributed by atoms with Crippen LogP contribution in [0.3, 0.4) is 0 Å². The molecule has 0 aliphatic rings. The highest BCUT2D eigenvalue weighted by Gasteiger charge is 2.17. The van der Waals surface area contributed by atoms with Crippen molar-refractivity contribution in [2.45, 2.75) is 0 Å². The number of aromatic nitrogens is 3. The number of amides is 2. The molecule has 3 N–H and O–H groups in total. The summed E-state index contributed by atoms with van der Waals surface area (Å²) in [5.74, 6) is -0.583. The van der Waals surface area contributed by atoms with E-state index in [0.717, 1.165) is 0 Å². The Morgan fingerprint density at radius 2 is 2.11 bits per heavy atom. The Morgan fingerprint density at radius 3 is 2.74 bits per heavy atom. The lowest BCUT2D eigenvalue weighted by Gasteiger charge is -2.07. The third-order valence-corrected chi connectivity index (χ3v) is 2.38. The number of carbonyl (C=O) groups is 2. The number of rotatable bonds is 5. The van der Waals surface area contributed by atoms with Crippen molar-refractivity contribution in [2.75, 3.05) is 6.61 Å². The predicted molar refractivity (Wildman–Crippen MR) is 65.1 cm³/mol. The molecule has 0 atom stereocenters. The topological polar surface area (TPSA) is 104 Å². The SMILES string of the molecule is Cn1ncc(C(=O)NOCC(N)=O)c1-n1cccc1. The number of primary amides is 1. The first-order valence-corrected chi connectivity index (χ1v) is 5.45. The third kappa shape index (κ3) is 2.80. The maximum atomic E-state index is 11.9. The van der Waals surface area contributed by atoms with Crippen LogP contribution in [0.5, 0.6) is 0 Å². The summed E-state index contributed by atoms with van der Waals surface area (Å²) in [7, 11) is 1.72. The largest absolute Gasteiger partial charge is 0.368 e. The number of hydrogen-bond acceptors (Lipinski definition) is 4. The number of nitrogens with zero attached hydrogens (tertiary/aromatic N) is 3. The highest BCUT2D eigenvalue weighted by atomic mass is 16.7. The van der Waals surface area contributed by atoms with Crippen LogP contribution in [0, 0.1) is 0 Å². The monoisotopic (exact) mass is 263 g/mol. The molecular formula is C11H13N5O3. The molecule has 0 unspecified atom stereocenters. The highest BCUT2D eigenvalue weighted by molar-refractivity contribution is 5.96. The molecule has 8 nitrogen and oxygen atoms in total. The summed E-state index contributed by atoms with van der Waals surface area (Å²) in [6.07, 6.45) is 4.99. The highest BCUT2D eigenvalue weighted by Crippen LogP contribution is 2.13. The van der Waals surface area contributed by atoms with Gasteiger partial charge in [0.1, 0.15) is 11.4 Å². The van der Waals surface area contributed by atoms with Crippen molar-refractivity contribution in [1.82, 2.24) is 19.8 Å². The summed E-state index contributed by atoms with van der Waals surface area (Å²) in [5.41, 5.74) is 7.35. The molecule has 0 fully saturated rings. The van der Waals surface area contributed by atoms with Crippen molar-refractivity contribution in [1.29, 1.82) is 0 Å². The molecule has 0 aliphatic carbocycles. The molecule has 19 heavy (non-hydrogen) atoms. The van der Waals surface area contributed by atoms with Crippen molar-refractivity contribution in [3.8, 4) is 5.82 Å². The van der Waals surface area contributed by atoms with Gasteiger partial charge in [0.2, 0.25) is 5.91 Å². The standard InChI is InChI=1S/C11H13N5O3/c1-15-11(16-4-2-3-5-16)8(6-13-15)10(18)14-19-7-9(12)17/h2-6H,7H2,1H3,(H2,12,17)(H,14,18). The van der Waals surface area contributed by atoms with Crippen molar-refractivity contribution in [2.24, 2.45) is 12.8 Å². The first-order chi connectivity index (χ1) is 9.09. The number of nitrogens with one attached hydrogen (secondary N) is 1. The van der Waals surface area contributed by atoms with Crippen molar-refractivity contribution in [3.05, 3.63) is 36.3 Å². The Labute approximate surface area is 108 Å². The molecule has 8 heteroatoms. The molecule has 0 bridgehead atoms. The molecule has 0 saturated carbocycles. The van der Waals surface area contributed by atoms with Gasteiger partial charge in [-0.3, -0.25) is 19.1 Å². The van der Waals surface area contributed by atoms with E-state index in [0.29, 0.717) is 11.4 Å². The summed E-state index contributed by atoms with van der Waals surface area (Å²) < 4.78 is 3.30. The Bertz CT molecular complexity index is 588. The fourth-order valence-corrected chi connectivity index (χ4v) is 1.60. The van der Waals surface area contributed by atoms with Gasteiger partial charge < -0.3 is 10.3 Å². The zero-order chi connectivity index (χ0) is 13.8. The van der Waals surface area contributed by atoms with E-state index in [9.17, 15) is 9.59 Å². The number of aryl methyl sites for hydroxylation is 1. The van der Waals surface area contributed by atoms with Crippen LogP contribution >= 0.6 is 0 Å². The second kappa shape index (κ2) is 5.36. The number of hydroxylamine groups is 1. The van der Waals surface area contributed by atoms with Crippen LogP contribution < -0.4 is 11.2 Å². The van der Waals surface area contributed by atoms with Crippen LogP contribution in [0.1, 0.15) is 10.4 Å². The summed E-state index contributed by atoms with van der Waals surface area (Å²) in [4.78, 5) is 27.1. The van der Waals surface area contributed by atoms with Crippen molar-refractivity contribution in [3.63, 3.8) is 0 Å². The van der Waals surface area contributed by atoms with E-state index in [1.807, 2.05) is 12.1 Å². The molecule has 0 aliphatic heterocycles. The Hall–Kier alpha value is -2.61. The second-order valence-electron chi connectivity index (χ2n) is 3.78. The van der Waals surface area contributed by atoms with E-state index in [4.69, 9.17) is 5.73 Å². The lowest BCUT2D eigenvalue weighted by atomic mass is 10.3. The van der Waals surface area contributed by atoms with Crippen LogP contribution in [0.2, 0.25) is 0 Å². The average molecular weight is 263 g/mol. The molecule has 2 amide bonds. The van der Waals surface area contributed by atoms with Gasteiger partial charge in [0, 0.05) is 19.4 Å². The van der Waals surface area contributed by atoms with E-state index in [1.165, 1.54) is 6.20 Å². The fraction of sp³-hybridized carbons (Fsp3) is 0.182. The van der Waals surface area contributed by atoms with Crippen LogP contribution in [0.4, 0.5) is 0 Å². The lowest BCUT2D eigenvalue weighted by Crippen LogP contribution is -2.29. The molecule has 2 heterocycles. The molecule has 2 aromatic rings. The molecule has 0 spiro atoms. The summed E-state index contributed by atoms with van der Waals surface area (Å²) in [6.45, 7) is -0.384. The van der Waals surface area contributed by atoms with E-state index in [-0.39, 0.29) is 6.61 Å². The van der Waals surface area contributed by atoms with Crippen LogP contribution in [-0.4, -0.2) is 32.8 Å². The molecule has 0 saturated heterocycles. The average Bonchev–Trinajstić information content (AvgIpc) is 2.96. The smallest absolute Gasteiger partial charge is 0.280 e. The number of hydrogen-bond donors (Lipinski definition) is 2. The minimum absolute atomic E-state index is 0.322. The molecule has 100 valence electrons. The van der Waals surface area contributed by atoms with Crippen LogP contribution in [0.15, 0.2) is 30.7 Å². The first-order valence-electron chi connectivity index (χ1n) is 5.45. The molecule has 0 aromatic carbocycles. The fourth-order valence-electron chi connectivity index (χ4n) is 1.60. The van der Waals surface area contributed by atoms with E-state index in [2.05, 4.69) is 15.4 Å². The van der Waals surface area contributed by atoms with E-state index < -0.39 is 11.8 Å². The van der Waals surface area contributed by atoms with Gasteiger partial charge in [-0.25, -0.2) is 5.48 Å². The number of nitrogens with two attached hydrogens (primary N) is 1. The molecule has 2 rings (SSSR count). The summed E-state index contributed by atoms with van der Waals surface area (Å²) in [5, 5.41) is 4.02. The minimum Gasteiger partial charge on any atom is -0.368 e. The second-order valence-corrected chi connectivity index (χ2v) is 3.78. The predicted octanol–water partition coefficient (Wildman–Crippen LogP) is -0.642. The van der Waals surface area contributed by atoms with Gasteiger partial charge in [-0.15, -0.1) is 0 Å². The minimum atomic E-state index is -0.669. The van der Waals surface area contributed by atoms with E-state index in [1.54, 1.807) is 28.7 Å². The Morgan fingerprint density at radius 1 is 1.42 bits per heavy atom. The van der Waals surface area contributed by atoms with E-state index >= 15 is 0 Å². The van der Waals surface area contributed by atoms with Gasteiger partial charge in [0.15, 0.2) is 6.61 Å². The van der Waals surface area contributed by atoms with Gasteiger partial charge in [-0.1, -0.05) is 0 Å². The quantitative estimate of drug-likeness (QED) is 0.700. The Kier molecular flexibility index (Phi) is 3.62. The zero-order valence-corrected chi connectivity index (χ0v) is 10.2. The van der Waals surface area contributed by atoms with Gasteiger partial charge in [0.25, 0.3) is 5.91 Å². The molecule has 2 aromatic heterocycles. The van der Waals surface area contributed by atoms with Gasteiger partial charge >= 0.3 is 0 Å². The third-order valence-electron chi connectivity index (χ3n) is 2.38. The maximum absolute atomic E-state index is 11.9. The number of carbonyl (C=O) groups excluding carboxylic acids is 2. The van der Waals surface area contributed by atoms with Gasteiger partial charge in [0.05, 0.1) is 6.20 Å². The van der Waals surface area contributed by atoms with Crippen molar-refractivity contribution >= 4 is 11.8 Å². The van der Waals surface area contributed by atoms with Crippen molar-refractivity contribution < 1.29 is 14.4 Å². The summed E-state index contributed by atoms with van der Waals surface area (Å²) in [6, 6.07) is 3.66.